The van der Waals surface area contributed by atoms with Crippen molar-refractivity contribution in [2.45, 2.75) is 13.8 Å². The highest BCUT2D eigenvalue weighted by molar-refractivity contribution is 4.34. The summed E-state index contributed by atoms with van der Waals surface area (Å²) in [5, 5.41) is 7.84. The monoisotopic (exact) mass is 105 g/mol. The normalized spacial score (nSPS) is 10.3. The van der Waals surface area contributed by atoms with Crippen LogP contribution in [0.25, 0.3) is 0 Å². The van der Waals surface area contributed by atoms with Crippen molar-refractivity contribution in [3.8, 4) is 0 Å². The highest BCUT2D eigenvalue weighted by atomic mass is 16.8. The zero-order valence-electron chi connectivity index (χ0n) is 4.64. The van der Waals surface area contributed by atoms with Crippen LogP contribution in [-0.2, 0) is 4.84 Å². The van der Waals surface area contributed by atoms with E-state index in [0.29, 0.717) is 12.5 Å². The van der Waals surface area contributed by atoms with Crippen LogP contribution in [0.15, 0.2) is 0 Å². The second-order valence-corrected chi connectivity index (χ2v) is 1.80. The van der Waals surface area contributed by atoms with E-state index in [4.69, 9.17) is 5.21 Å². The molecule has 44 valence electrons. The first-order valence-corrected chi connectivity index (χ1v) is 2.28. The molecular formula is C4H11NO2. The maximum atomic E-state index is 7.84. The minimum Gasteiger partial charge on any atom is -0.292 e. The lowest BCUT2D eigenvalue weighted by Crippen LogP contribution is -2.12. The average molecular weight is 105 g/mol. The minimum atomic E-state index is 0.458. The summed E-state index contributed by atoms with van der Waals surface area (Å²) in [6, 6.07) is 0. The van der Waals surface area contributed by atoms with Crippen LogP contribution in [0, 0.1) is 5.92 Å². The molecule has 0 amide bonds. The summed E-state index contributed by atoms with van der Waals surface area (Å²) in [7, 11) is 0. The number of hydrogen-bond acceptors (Lipinski definition) is 3. The van der Waals surface area contributed by atoms with E-state index in [1.807, 2.05) is 13.8 Å². The highest BCUT2D eigenvalue weighted by Gasteiger charge is 1.89. The fourth-order valence-electron chi connectivity index (χ4n) is 0.204. The van der Waals surface area contributed by atoms with E-state index < -0.39 is 0 Å². The third kappa shape index (κ3) is 5.88. The summed E-state index contributed by atoms with van der Waals surface area (Å²) >= 11 is 0. The maximum absolute atomic E-state index is 7.84. The van der Waals surface area contributed by atoms with E-state index in [1.165, 1.54) is 0 Å². The Labute approximate surface area is 43.2 Å². The van der Waals surface area contributed by atoms with Crippen LogP contribution in [0.1, 0.15) is 13.8 Å². The van der Waals surface area contributed by atoms with Gasteiger partial charge < -0.3 is 0 Å². The highest BCUT2D eigenvalue weighted by Crippen LogP contribution is 1.88. The van der Waals surface area contributed by atoms with Crippen molar-refractivity contribution >= 4 is 0 Å². The van der Waals surface area contributed by atoms with E-state index in [9.17, 15) is 0 Å². The van der Waals surface area contributed by atoms with Gasteiger partial charge in [-0.25, -0.2) is 0 Å². The van der Waals surface area contributed by atoms with Crippen molar-refractivity contribution in [2.24, 2.45) is 5.92 Å². The predicted molar refractivity (Wildman–Crippen MR) is 25.7 cm³/mol. The lowest BCUT2D eigenvalue weighted by atomic mass is 10.2. The van der Waals surface area contributed by atoms with Gasteiger partial charge in [0.05, 0.1) is 6.61 Å². The van der Waals surface area contributed by atoms with Crippen LogP contribution in [0.5, 0.6) is 0 Å². The van der Waals surface area contributed by atoms with Crippen molar-refractivity contribution in [1.29, 1.82) is 0 Å². The zero-order chi connectivity index (χ0) is 5.70. The molecule has 0 aliphatic carbocycles. The molecule has 0 fully saturated rings. The van der Waals surface area contributed by atoms with Gasteiger partial charge in [-0.05, 0) is 5.92 Å². The van der Waals surface area contributed by atoms with Gasteiger partial charge in [0.2, 0.25) is 0 Å². The summed E-state index contributed by atoms with van der Waals surface area (Å²) in [5.41, 5.74) is 1.60. The zero-order valence-corrected chi connectivity index (χ0v) is 4.64. The molecule has 2 N–H and O–H groups in total. The molecule has 0 aromatic carbocycles. The fourth-order valence-corrected chi connectivity index (χ4v) is 0.204. The molecule has 0 spiro atoms. The molecule has 3 heteroatoms. The third-order valence-electron chi connectivity index (χ3n) is 0.481. The quantitative estimate of drug-likeness (QED) is 0.515. The largest absolute Gasteiger partial charge is 0.292 e. The molecule has 0 aromatic heterocycles. The van der Waals surface area contributed by atoms with Gasteiger partial charge in [-0.2, -0.15) is 0 Å². The molecule has 0 aliphatic heterocycles. The molecule has 0 aromatic rings. The molecule has 3 nitrogen and oxygen atoms in total. The van der Waals surface area contributed by atoms with Gasteiger partial charge in [-0.15, -0.1) is 0 Å². The topological polar surface area (TPSA) is 41.5 Å². The molecule has 0 heterocycles. The molecule has 0 radical (unpaired) electrons. The molecule has 0 bridgehead atoms. The standard InChI is InChI=1S/C4H11NO2/c1-4(2)3-7-5-6/h4-6H,3H2,1-2H3. The first-order chi connectivity index (χ1) is 3.27. The minimum absolute atomic E-state index is 0.458. The first kappa shape index (κ1) is 6.88. The molecule has 0 saturated heterocycles. The van der Waals surface area contributed by atoms with Crippen molar-refractivity contribution < 1.29 is 10.0 Å². The first-order valence-electron chi connectivity index (χ1n) is 2.28. The Morgan fingerprint density at radius 3 is 2.43 bits per heavy atom. The molecule has 0 rings (SSSR count). The van der Waals surface area contributed by atoms with Crippen molar-refractivity contribution in [3.05, 3.63) is 0 Å². The van der Waals surface area contributed by atoms with Crippen LogP contribution in [0.2, 0.25) is 0 Å². The van der Waals surface area contributed by atoms with Gasteiger partial charge in [0.15, 0.2) is 0 Å². The van der Waals surface area contributed by atoms with Crippen LogP contribution < -0.4 is 5.64 Å². The van der Waals surface area contributed by atoms with Crippen LogP contribution >= 0.6 is 0 Å². The van der Waals surface area contributed by atoms with Crippen LogP contribution in [-0.4, -0.2) is 11.8 Å². The lowest BCUT2D eigenvalue weighted by molar-refractivity contribution is -0.134. The number of rotatable bonds is 3. The van der Waals surface area contributed by atoms with E-state index >= 15 is 0 Å². The second kappa shape index (κ2) is 4.05. The summed E-state index contributed by atoms with van der Waals surface area (Å²) in [4.78, 5) is 4.40. The predicted octanol–water partition coefficient (Wildman–Crippen LogP) is 0.553. The second-order valence-electron chi connectivity index (χ2n) is 1.80. The van der Waals surface area contributed by atoms with E-state index in [1.54, 1.807) is 5.64 Å². The molecule has 0 unspecified atom stereocenters. The Kier molecular flexibility index (Phi) is 3.98. The molecular weight excluding hydrogens is 94.0 g/mol. The molecule has 0 atom stereocenters. The Bertz CT molecular complexity index is 38.7. The van der Waals surface area contributed by atoms with Gasteiger partial charge in [0.25, 0.3) is 0 Å². The Morgan fingerprint density at radius 2 is 2.29 bits per heavy atom. The molecule has 0 aliphatic rings. The number of nitrogens with one attached hydrogen (secondary N) is 1. The van der Waals surface area contributed by atoms with Gasteiger partial charge in [0, 0.05) is 0 Å². The van der Waals surface area contributed by atoms with Crippen molar-refractivity contribution in [1.82, 2.24) is 5.64 Å². The van der Waals surface area contributed by atoms with Crippen LogP contribution in [0.4, 0.5) is 0 Å². The Hall–Kier alpha value is -0.120. The average Bonchev–Trinajstić information content (AvgIpc) is 1.61. The lowest BCUT2D eigenvalue weighted by Gasteiger charge is -2.00. The van der Waals surface area contributed by atoms with Gasteiger partial charge in [-0.3, -0.25) is 10.0 Å². The SMILES string of the molecule is CC(C)CONO. The number of hydrogen-bond donors (Lipinski definition) is 2. The van der Waals surface area contributed by atoms with Gasteiger partial charge in [0.1, 0.15) is 0 Å². The van der Waals surface area contributed by atoms with E-state index in [-0.39, 0.29) is 0 Å². The summed E-state index contributed by atoms with van der Waals surface area (Å²) in [5.74, 6) is 0.458. The maximum Gasteiger partial charge on any atom is 0.0731 e. The van der Waals surface area contributed by atoms with Crippen molar-refractivity contribution in [3.63, 3.8) is 0 Å². The summed E-state index contributed by atoms with van der Waals surface area (Å²) < 4.78 is 0. The van der Waals surface area contributed by atoms with E-state index in [2.05, 4.69) is 4.84 Å². The van der Waals surface area contributed by atoms with Crippen molar-refractivity contribution in [2.75, 3.05) is 6.61 Å². The van der Waals surface area contributed by atoms with Gasteiger partial charge in [-0.1, -0.05) is 19.5 Å². The fraction of sp³-hybridized carbons (Fsp3) is 1.00. The Balaban J connectivity index is 2.68. The smallest absolute Gasteiger partial charge is 0.0731 e. The summed E-state index contributed by atoms with van der Waals surface area (Å²) in [6.45, 7) is 4.53. The Morgan fingerprint density at radius 1 is 1.71 bits per heavy atom. The third-order valence-corrected chi connectivity index (χ3v) is 0.481. The summed E-state index contributed by atoms with van der Waals surface area (Å²) in [6.07, 6.45) is 0. The van der Waals surface area contributed by atoms with E-state index in [0.717, 1.165) is 0 Å². The molecule has 0 saturated carbocycles. The van der Waals surface area contributed by atoms with Crippen LogP contribution in [0.3, 0.4) is 0 Å². The van der Waals surface area contributed by atoms with Gasteiger partial charge >= 0.3 is 0 Å². The molecule has 7 heavy (non-hydrogen) atoms.